The lowest BCUT2D eigenvalue weighted by Crippen LogP contribution is -2.22. The number of nitrogens with one attached hydrogen (secondary N) is 1. The molecule has 2 aromatic heterocycles. The number of fused-ring (bicyclic) bond motifs is 2. The van der Waals surface area contributed by atoms with E-state index < -0.39 is 11.8 Å². The first-order valence-corrected chi connectivity index (χ1v) is 11.7. The summed E-state index contributed by atoms with van der Waals surface area (Å²) in [7, 11) is 1.93. The zero-order valence-corrected chi connectivity index (χ0v) is 19.7. The average molecular weight is 477 g/mol. The Labute approximate surface area is 207 Å². The number of aromatic nitrogens is 2. The number of hydrogen-bond acceptors (Lipinski definition) is 4. The summed E-state index contributed by atoms with van der Waals surface area (Å²) in [5.41, 5.74) is 11.3. The molecule has 7 nitrogen and oxygen atoms in total. The van der Waals surface area contributed by atoms with Crippen LogP contribution in [0.25, 0.3) is 33.0 Å². The predicted octanol–water partition coefficient (Wildman–Crippen LogP) is 3.91. The summed E-state index contributed by atoms with van der Waals surface area (Å²) in [6.45, 7) is 0.738. The number of phenols is 1. The van der Waals surface area contributed by atoms with Crippen LogP contribution in [0.5, 0.6) is 5.75 Å². The maximum Gasteiger partial charge on any atom is 0.259 e. The van der Waals surface area contributed by atoms with Crippen molar-refractivity contribution in [2.24, 2.45) is 12.8 Å². The molecule has 0 bridgehead atoms. The molecule has 0 saturated carbocycles. The quantitative estimate of drug-likeness (QED) is 0.335. The first kappa shape index (κ1) is 21.9. The fraction of sp³-hybridized carbons (Fsp3) is 0.103. The van der Waals surface area contributed by atoms with Crippen molar-refractivity contribution in [3.05, 3.63) is 101 Å². The normalized spacial score (nSPS) is 13.8. The second-order valence-corrected chi connectivity index (χ2v) is 9.06. The van der Waals surface area contributed by atoms with Crippen LogP contribution in [-0.2, 0) is 29.7 Å². The van der Waals surface area contributed by atoms with Gasteiger partial charge in [0.05, 0.1) is 17.7 Å². The van der Waals surface area contributed by atoms with Crippen molar-refractivity contribution in [1.29, 1.82) is 0 Å². The minimum Gasteiger partial charge on any atom is -0.508 e. The number of para-hydroxylation sites is 2. The predicted molar refractivity (Wildman–Crippen MR) is 140 cm³/mol. The van der Waals surface area contributed by atoms with Gasteiger partial charge in [-0.2, -0.15) is 0 Å². The van der Waals surface area contributed by atoms with Crippen molar-refractivity contribution in [1.82, 2.24) is 14.5 Å². The number of aryl methyl sites for hydroxylation is 1. The van der Waals surface area contributed by atoms with Crippen molar-refractivity contribution < 1.29 is 14.7 Å². The molecule has 3 heterocycles. The van der Waals surface area contributed by atoms with Crippen molar-refractivity contribution in [2.75, 3.05) is 0 Å². The standard InChI is InChI=1S/C29H24N4O3/c1-32-15-21(19-6-2-4-8-23(19)32)26-27(29(36)31-28(26)35)22-16-33(24-9-5-3-7-20(22)24)14-18-11-10-17(13-30)12-25(18)34/h2-12,15-16,34H,13-14,30H2,1H3,(H,31,35,36). The molecule has 0 spiro atoms. The smallest absolute Gasteiger partial charge is 0.259 e. The average Bonchev–Trinajstić information content (AvgIpc) is 3.51. The van der Waals surface area contributed by atoms with E-state index in [9.17, 15) is 14.7 Å². The van der Waals surface area contributed by atoms with Gasteiger partial charge in [-0.15, -0.1) is 0 Å². The lowest BCUT2D eigenvalue weighted by Gasteiger charge is -2.09. The number of rotatable bonds is 5. The number of aromatic hydroxyl groups is 1. The molecule has 1 aliphatic rings. The zero-order valence-electron chi connectivity index (χ0n) is 19.7. The summed E-state index contributed by atoms with van der Waals surface area (Å²) in [4.78, 5) is 26.3. The SMILES string of the molecule is Cn1cc(C2=C(c3cn(Cc4ccc(CN)cc4O)c4ccccc34)C(=O)NC2=O)c2ccccc21. The van der Waals surface area contributed by atoms with E-state index in [1.165, 1.54) is 0 Å². The molecule has 6 rings (SSSR count). The van der Waals surface area contributed by atoms with E-state index in [1.54, 1.807) is 6.07 Å². The lowest BCUT2D eigenvalue weighted by atomic mass is 9.95. The summed E-state index contributed by atoms with van der Waals surface area (Å²) in [6.07, 6.45) is 3.79. The van der Waals surface area contributed by atoms with E-state index in [0.29, 0.717) is 29.8 Å². The van der Waals surface area contributed by atoms with Crippen LogP contribution in [0.3, 0.4) is 0 Å². The van der Waals surface area contributed by atoms with Crippen molar-refractivity contribution in [3.8, 4) is 5.75 Å². The van der Waals surface area contributed by atoms with Crippen LogP contribution in [0.1, 0.15) is 22.3 Å². The van der Waals surface area contributed by atoms with Crippen LogP contribution in [0.2, 0.25) is 0 Å². The highest BCUT2D eigenvalue weighted by Gasteiger charge is 2.35. The molecular formula is C29H24N4O3. The third kappa shape index (κ3) is 3.32. The van der Waals surface area contributed by atoms with Gasteiger partial charge < -0.3 is 20.0 Å². The molecule has 0 radical (unpaired) electrons. The molecule has 2 amide bonds. The highest BCUT2D eigenvalue weighted by molar-refractivity contribution is 6.50. The molecular weight excluding hydrogens is 452 g/mol. The molecule has 0 atom stereocenters. The van der Waals surface area contributed by atoms with Crippen molar-refractivity contribution in [3.63, 3.8) is 0 Å². The number of carbonyl (C=O) groups is 2. The van der Waals surface area contributed by atoms with Crippen LogP contribution in [0.15, 0.2) is 79.1 Å². The Bertz CT molecular complexity index is 1740. The van der Waals surface area contributed by atoms with Gasteiger partial charge >= 0.3 is 0 Å². The van der Waals surface area contributed by atoms with Gasteiger partial charge in [0.15, 0.2) is 0 Å². The van der Waals surface area contributed by atoms with E-state index in [4.69, 9.17) is 5.73 Å². The van der Waals surface area contributed by atoms with Crippen LogP contribution >= 0.6 is 0 Å². The lowest BCUT2D eigenvalue weighted by molar-refractivity contribution is -0.122. The van der Waals surface area contributed by atoms with Crippen LogP contribution in [-0.4, -0.2) is 26.1 Å². The number of amides is 2. The Hall–Kier alpha value is -4.62. The molecule has 7 heteroatoms. The Kier molecular flexibility index (Phi) is 5.01. The third-order valence-corrected chi connectivity index (χ3v) is 6.88. The van der Waals surface area contributed by atoms with E-state index in [1.807, 2.05) is 89.2 Å². The van der Waals surface area contributed by atoms with Gasteiger partial charge in [0.2, 0.25) is 0 Å². The number of imide groups is 1. The molecule has 0 aliphatic carbocycles. The second kappa shape index (κ2) is 8.25. The Balaban J connectivity index is 1.56. The minimum absolute atomic E-state index is 0.168. The fourth-order valence-corrected chi connectivity index (χ4v) is 5.14. The number of nitrogens with two attached hydrogens (primary N) is 1. The highest BCUT2D eigenvalue weighted by atomic mass is 16.3. The summed E-state index contributed by atoms with van der Waals surface area (Å²) in [5.74, 6) is -0.652. The van der Waals surface area contributed by atoms with E-state index >= 15 is 0 Å². The Morgan fingerprint density at radius 2 is 1.44 bits per heavy atom. The van der Waals surface area contributed by atoms with Gasteiger partial charge in [-0.1, -0.05) is 48.5 Å². The number of nitrogens with zero attached hydrogens (tertiary/aromatic N) is 2. The monoisotopic (exact) mass is 476 g/mol. The number of phenolic OH excluding ortho intramolecular Hbond substituents is 1. The summed E-state index contributed by atoms with van der Waals surface area (Å²) in [5, 5.41) is 14.8. The highest BCUT2D eigenvalue weighted by Crippen LogP contribution is 2.39. The van der Waals surface area contributed by atoms with Crippen LogP contribution in [0, 0.1) is 0 Å². The first-order chi connectivity index (χ1) is 17.5. The van der Waals surface area contributed by atoms with Crippen LogP contribution < -0.4 is 11.1 Å². The molecule has 0 unspecified atom stereocenters. The third-order valence-electron chi connectivity index (χ3n) is 6.88. The van der Waals surface area contributed by atoms with Gasteiger partial charge in [0.25, 0.3) is 11.8 Å². The van der Waals surface area contributed by atoms with Gasteiger partial charge in [-0.05, 0) is 23.8 Å². The topological polar surface area (TPSA) is 102 Å². The van der Waals surface area contributed by atoms with Gasteiger partial charge in [-0.3, -0.25) is 14.9 Å². The maximum atomic E-state index is 13.2. The van der Waals surface area contributed by atoms with Gasteiger partial charge in [-0.25, -0.2) is 0 Å². The van der Waals surface area contributed by atoms with Crippen molar-refractivity contribution >= 4 is 44.8 Å². The molecule has 5 aromatic rings. The maximum absolute atomic E-state index is 13.2. The van der Waals surface area contributed by atoms with E-state index in [2.05, 4.69) is 5.32 Å². The zero-order chi connectivity index (χ0) is 25.0. The van der Waals surface area contributed by atoms with E-state index in [-0.39, 0.29) is 5.75 Å². The molecule has 178 valence electrons. The summed E-state index contributed by atoms with van der Waals surface area (Å²) in [6, 6.07) is 21.0. The summed E-state index contributed by atoms with van der Waals surface area (Å²) >= 11 is 0. The molecule has 3 aromatic carbocycles. The minimum atomic E-state index is -0.416. The van der Waals surface area contributed by atoms with Gasteiger partial charge in [0, 0.05) is 64.5 Å². The molecule has 1 aliphatic heterocycles. The first-order valence-electron chi connectivity index (χ1n) is 11.7. The Morgan fingerprint density at radius 3 is 2.11 bits per heavy atom. The number of carbonyl (C=O) groups excluding carboxylic acids is 2. The molecule has 0 fully saturated rings. The molecule has 4 N–H and O–H groups in total. The molecule has 36 heavy (non-hydrogen) atoms. The van der Waals surface area contributed by atoms with E-state index in [0.717, 1.165) is 38.5 Å². The molecule has 0 saturated heterocycles. The number of benzene rings is 3. The largest absolute Gasteiger partial charge is 0.508 e. The summed E-state index contributed by atoms with van der Waals surface area (Å²) < 4.78 is 3.95. The van der Waals surface area contributed by atoms with Crippen molar-refractivity contribution in [2.45, 2.75) is 13.1 Å². The second-order valence-electron chi connectivity index (χ2n) is 9.06. The van der Waals surface area contributed by atoms with Crippen LogP contribution in [0.4, 0.5) is 0 Å². The van der Waals surface area contributed by atoms with Gasteiger partial charge in [0.1, 0.15) is 5.75 Å². The Morgan fingerprint density at radius 1 is 0.833 bits per heavy atom. The fourth-order valence-electron chi connectivity index (χ4n) is 5.14. The number of hydrogen-bond donors (Lipinski definition) is 3.